The molecular formula is C16H21F3N2O5. The maximum atomic E-state index is 12.1. The van der Waals surface area contributed by atoms with E-state index in [-0.39, 0.29) is 43.4 Å². The third-order valence-corrected chi connectivity index (χ3v) is 4.89. The lowest BCUT2D eigenvalue weighted by Gasteiger charge is -2.34. The molecule has 0 aliphatic heterocycles. The van der Waals surface area contributed by atoms with E-state index in [0.717, 1.165) is 12.8 Å². The maximum Gasteiger partial charge on any atom is 0.522 e. The van der Waals surface area contributed by atoms with Gasteiger partial charge in [0.15, 0.2) is 0 Å². The normalized spacial score (nSPS) is 29.2. The van der Waals surface area contributed by atoms with Gasteiger partial charge in [0.05, 0.1) is 25.2 Å². The number of aromatic nitrogens is 2. The quantitative estimate of drug-likeness (QED) is 0.703. The number of alkyl halides is 3. The molecule has 1 heterocycles. The molecule has 0 amide bonds. The predicted octanol–water partition coefficient (Wildman–Crippen LogP) is 3.10. The van der Waals surface area contributed by atoms with Crippen molar-refractivity contribution in [3.63, 3.8) is 0 Å². The highest BCUT2D eigenvalue weighted by atomic mass is 19.4. The van der Waals surface area contributed by atoms with Gasteiger partial charge in [0.1, 0.15) is 6.61 Å². The molecule has 0 aromatic carbocycles. The van der Waals surface area contributed by atoms with E-state index in [0.29, 0.717) is 24.6 Å². The molecule has 146 valence electrons. The van der Waals surface area contributed by atoms with Crippen molar-refractivity contribution in [3.05, 3.63) is 11.8 Å². The average molecular weight is 378 g/mol. The molecule has 0 atom stereocenters. The van der Waals surface area contributed by atoms with Crippen molar-refractivity contribution in [1.29, 1.82) is 0 Å². The monoisotopic (exact) mass is 378 g/mol. The zero-order chi connectivity index (χ0) is 18.7. The van der Waals surface area contributed by atoms with Gasteiger partial charge in [-0.15, -0.1) is 23.4 Å². The molecule has 2 aliphatic carbocycles. The fourth-order valence-corrected chi connectivity index (χ4v) is 3.36. The summed E-state index contributed by atoms with van der Waals surface area (Å²) < 4.78 is 55.9. The number of carbonyl (C=O) groups is 1. The number of ether oxygens (including phenoxy) is 3. The molecule has 10 heteroatoms. The van der Waals surface area contributed by atoms with Crippen LogP contribution in [0, 0.1) is 5.92 Å². The minimum absolute atomic E-state index is 0.0634. The number of rotatable bonds is 6. The van der Waals surface area contributed by atoms with Gasteiger partial charge in [-0.25, -0.2) is 0 Å². The van der Waals surface area contributed by atoms with Gasteiger partial charge in [-0.05, 0) is 25.7 Å². The largest absolute Gasteiger partial charge is 0.522 e. The first kappa shape index (κ1) is 19.1. The Morgan fingerprint density at radius 3 is 2.46 bits per heavy atom. The molecule has 2 fully saturated rings. The standard InChI is InChI=1S/C16H21F3N2O5/c1-23-15(22)10-4-2-9(3-5-10)14-21-20-13(25-14)8-24-11-6-12(7-11)26-16(17,18)19/h9-12H,2-8H2,1H3/t9-,10-,11-,12+. The summed E-state index contributed by atoms with van der Waals surface area (Å²) in [6.07, 6.45) is -2.40. The zero-order valence-electron chi connectivity index (χ0n) is 14.3. The third kappa shape index (κ3) is 4.94. The van der Waals surface area contributed by atoms with E-state index < -0.39 is 12.5 Å². The SMILES string of the molecule is COC(=O)[C@H]1CC[C@H](c2nnc(CO[C@H]3C[C@@H](OC(F)(F)F)C3)o2)CC1. The van der Waals surface area contributed by atoms with Crippen molar-refractivity contribution in [3.8, 4) is 0 Å². The van der Waals surface area contributed by atoms with E-state index in [9.17, 15) is 18.0 Å². The van der Waals surface area contributed by atoms with Crippen LogP contribution in [0.25, 0.3) is 0 Å². The van der Waals surface area contributed by atoms with Crippen molar-refractivity contribution >= 4 is 5.97 Å². The molecule has 2 saturated carbocycles. The summed E-state index contributed by atoms with van der Waals surface area (Å²) in [7, 11) is 1.39. The van der Waals surface area contributed by atoms with E-state index in [2.05, 4.69) is 14.9 Å². The van der Waals surface area contributed by atoms with Crippen LogP contribution < -0.4 is 0 Å². The minimum Gasteiger partial charge on any atom is -0.469 e. The lowest BCUT2D eigenvalue weighted by atomic mass is 9.82. The van der Waals surface area contributed by atoms with Crippen LogP contribution >= 0.6 is 0 Å². The van der Waals surface area contributed by atoms with Gasteiger partial charge < -0.3 is 13.9 Å². The zero-order valence-corrected chi connectivity index (χ0v) is 14.3. The Labute approximate surface area is 148 Å². The van der Waals surface area contributed by atoms with Gasteiger partial charge in [-0.1, -0.05) is 0 Å². The van der Waals surface area contributed by atoms with Crippen LogP contribution in [-0.4, -0.2) is 41.8 Å². The molecule has 0 spiro atoms. The summed E-state index contributed by atoms with van der Waals surface area (Å²) in [6, 6.07) is 0. The minimum atomic E-state index is -4.61. The molecule has 1 aromatic rings. The topological polar surface area (TPSA) is 83.7 Å². The van der Waals surface area contributed by atoms with E-state index in [1.165, 1.54) is 7.11 Å². The molecular weight excluding hydrogens is 357 g/mol. The van der Waals surface area contributed by atoms with Crippen LogP contribution in [0.1, 0.15) is 56.2 Å². The van der Waals surface area contributed by atoms with Crippen molar-refractivity contribution in [2.75, 3.05) is 7.11 Å². The number of esters is 1. The van der Waals surface area contributed by atoms with Crippen molar-refractivity contribution in [1.82, 2.24) is 10.2 Å². The maximum absolute atomic E-state index is 12.1. The Bertz CT molecular complexity index is 607. The van der Waals surface area contributed by atoms with Gasteiger partial charge >= 0.3 is 12.3 Å². The number of hydrogen-bond acceptors (Lipinski definition) is 7. The van der Waals surface area contributed by atoms with Crippen LogP contribution in [0.4, 0.5) is 13.2 Å². The molecule has 26 heavy (non-hydrogen) atoms. The second kappa shape index (κ2) is 7.91. The van der Waals surface area contributed by atoms with E-state index in [4.69, 9.17) is 13.9 Å². The van der Waals surface area contributed by atoms with Crippen LogP contribution in [0.2, 0.25) is 0 Å². The Morgan fingerprint density at radius 1 is 1.15 bits per heavy atom. The molecule has 0 radical (unpaired) electrons. The van der Waals surface area contributed by atoms with Crippen molar-refractivity contribution in [2.45, 2.75) is 69.6 Å². The van der Waals surface area contributed by atoms with Crippen LogP contribution in [-0.2, 0) is 25.6 Å². The summed E-state index contributed by atoms with van der Waals surface area (Å²) in [5.41, 5.74) is 0. The van der Waals surface area contributed by atoms with Gasteiger partial charge in [-0.3, -0.25) is 9.53 Å². The first-order valence-electron chi connectivity index (χ1n) is 8.60. The predicted molar refractivity (Wildman–Crippen MR) is 79.8 cm³/mol. The Hall–Kier alpha value is -1.68. The first-order chi connectivity index (χ1) is 12.3. The summed E-state index contributed by atoms with van der Waals surface area (Å²) in [4.78, 5) is 11.5. The lowest BCUT2D eigenvalue weighted by Crippen LogP contribution is -2.40. The Balaban J connectivity index is 1.39. The summed E-state index contributed by atoms with van der Waals surface area (Å²) in [5.74, 6) is 0.656. The first-order valence-corrected chi connectivity index (χ1v) is 8.60. The second-order valence-electron chi connectivity index (χ2n) is 6.70. The molecule has 3 rings (SSSR count). The van der Waals surface area contributed by atoms with E-state index >= 15 is 0 Å². The Morgan fingerprint density at radius 2 is 1.85 bits per heavy atom. The number of nitrogens with zero attached hydrogens (tertiary/aromatic N) is 2. The lowest BCUT2D eigenvalue weighted by molar-refractivity contribution is -0.357. The highest BCUT2D eigenvalue weighted by molar-refractivity contribution is 5.72. The third-order valence-electron chi connectivity index (χ3n) is 4.89. The number of halogens is 3. The molecule has 0 N–H and O–H groups in total. The van der Waals surface area contributed by atoms with Gasteiger partial charge in [-0.2, -0.15) is 0 Å². The molecule has 1 aromatic heterocycles. The molecule has 2 aliphatic rings. The molecule has 0 unspecified atom stereocenters. The van der Waals surface area contributed by atoms with Gasteiger partial charge in [0, 0.05) is 18.8 Å². The highest BCUT2D eigenvalue weighted by Crippen LogP contribution is 2.36. The molecule has 0 bridgehead atoms. The fourth-order valence-electron chi connectivity index (χ4n) is 3.36. The van der Waals surface area contributed by atoms with Crippen LogP contribution in [0.3, 0.4) is 0 Å². The number of carbonyl (C=O) groups excluding carboxylic acids is 1. The molecule has 0 saturated heterocycles. The highest BCUT2D eigenvalue weighted by Gasteiger charge is 2.40. The molecule has 7 nitrogen and oxygen atoms in total. The van der Waals surface area contributed by atoms with E-state index in [1.807, 2.05) is 0 Å². The van der Waals surface area contributed by atoms with Crippen molar-refractivity contribution < 1.29 is 36.6 Å². The summed E-state index contributed by atoms with van der Waals surface area (Å²) in [5, 5.41) is 7.95. The summed E-state index contributed by atoms with van der Waals surface area (Å²) >= 11 is 0. The summed E-state index contributed by atoms with van der Waals surface area (Å²) in [6.45, 7) is 0.0634. The van der Waals surface area contributed by atoms with Crippen LogP contribution in [0.15, 0.2) is 4.42 Å². The average Bonchev–Trinajstić information content (AvgIpc) is 3.04. The number of hydrogen-bond donors (Lipinski definition) is 0. The number of methoxy groups -OCH3 is 1. The van der Waals surface area contributed by atoms with Gasteiger partial charge in [0.2, 0.25) is 11.8 Å². The van der Waals surface area contributed by atoms with Gasteiger partial charge in [0.25, 0.3) is 0 Å². The second-order valence-corrected chi connectivity index (χ2v) is 6.70. The van der Waals surface area contributed by atoms with Crippen LogP contribution in [0.5, 0.6) is 0 Å². The smallest absolute Gasteiger partial charge is 0.469 e. The fraction of sp³-hybridized carbons (Fsp3) is 0.812. The van der Waals surface area contributed by atoms with E-state index in [1.54, 1.807) is 0 Å². The van der Waals surface area contributed by atoms with Crippen molar-refractivity contribution in [2.24, 2.45) is 5.92 Å². The Kier molecular flexibility index (Phi) is 5.81.